The molecule has 0 fully saturated rings. The van der Waals surface area contributed by atoms with Gasteiger partial charge in [-0.05, 0) is 29.2 Å². The van der Waals surface area contributed by atoms with Crippen LogP contribution in [-0.4, -0.2) is 15.9 Å². The molecule has 8 heteroatoms. The summed E-state index contributed by atoms with van der Waals surface area (Å²) in [7, 11) is 0. The Labute approximate surface area is 197 Å². The molecule has 0 aliphatic carbocycles. The Bertz CT molecular complexity index is 1100. The van der Waals surface area contributed by atoms with E-state index in [1.807, 2.05) is 58.0 Å². The fourth-order valence-electron chi connectivity index (χ4n) is 3.39. The van der Waals surface area contributed by atoms with Gasteiger partial charge < -0.3 is 10.1 Å². The Kier molecular flexibility index (Phi) is 7.91. The molecule has 1 unspecified atom stereocenters. The largest absolute Gasteiger partial charge is 0.485 e. The zero-order chi connectivity index (χ0) is 24.9. The molecule has 1 heterocycles. The van der Waals surface area contributed by atoms with Gasteiger partial charge in [-0.15, -0.1) is 0 Å². The normalized spacial score (nSPS) is 12.6. The monoisotopic (exact) mass is 471 g/mol. The molecule has 5 nitrogen and oxygen atoms in total. The van der Waals surface area contributed by atoms with Crippen molar-refractivity contribution in [2.75, 3.05) is 0 Å². The molecule has 0 aliphatic rings. The smallest absolute Gasteiger partial charge is 0.416 e. The van der Waals surface area contributed by atoms with Crippen LogP contribution >= 0.6 is 0 Å². The van der Waals surface area contributed by atoms with Crippen LogP contribution in [0.15, 0.2) is 60.8 Å². The van der Waals surface area contributed by atoms with Crippen LogP contribution < -0.4 is 10.1 Å². The van der Waals surface area contributed by atoms with E-state index >= 15 is 0 Å². The van der Waals surface area contributed by atoms with Crippen molar-refractivity contribution in [3.63, 3.8) is 0 Å². The molecule has 0 aliphatic heterocycles. The third kappa shape index (κ3) is 6.34. The minimum absolute atomic E-state index is 0.00877. The molecule has 2 aromatic carbocycles. The van der Waals surface area contributed by atoms with Crippen LogP contribution in [0.3, 0.4) is 0 Å². The zero-order valence-electron chi connectivity index (χ0n) is 19.6. The number of carbonyl (C=O) groups excluding carboxylic acids is 1. The summed E-state index contributed by atoms with van der Waals surface area (Å²) in [6.45, 7) is 7.84. The highest BCUT2D eigenvalue weighted by Crippen LogP contribution is 2.31. The first-order valence-electron chi connectivity index (χ1n) is 11.1. The Morgan fingerprint density at radius 3 is 2.21 bits per heavy atom. The van der Waals surface area contributed by atoms with Crippen molar-refractivity contribution in [1.29, 1.82) is 0 Å². The summed E-state index contributed by atoms with van der Waals surface area (Å²) in [5, 5.41) is 2.92. The number of amides is 1. The van der Waals surface area contributed by atoms with Crippen molar-refractivity contribution in [2.45, 2.75) is 52.4 Å². The van der Waals surface area contributed by atoms with Crippen LogP contribution in [0.2, 0.25) is 0 Å². The van der Waals surface area contributed by atoms with E-state index in [1.54, 1.807) is 0 Å². The summed E-state index contributed by atoms with van der Waals surface area (Å²) in [4.78, 5) is 22.1. The van der Waals surface area contributed by atoms with Crippen molar-refractivity contribution in [1.82, 2.24) is 15.3 Å². The lowest BCUT2D eigenvalue weighted by atomic mass is 9.95. The molecule has 0 radical (unpaired) electrons. The maximum atomic E-state index is 13.3. The van der Waals surface area contributed by atoms with E-state index in [-0.39, 0.29) is 29.9 Å². The minimum Gasteiger partial charge on any atom is -0.485 e. The van der Waals surface area contributed by atoms with Gasteiger partial charge in [0.1, 0.15) is 12.4 Å². The average Bonchev–Trinajstić information content (AvgIpc) is 2.81. The lowest BCUT2D eigenvalue weighted by molar-refractivity contribution is -0.137. The summed E-state index contributed by atoms with van der Waals surface area (Å²) < 4.78 is 44.7. The van der Waals surface area contributed by atoms with Crippen LogP contribution in [-0.2, 0) is 12.8 Å². The molecule has 1 aromatic heterocycles. The van der Waals surface area contributed by atoms with Gasteiger partial charge in [-0.25, -0.2) is 9.97 Å². The number of nitrogens with one attached hydrogen (secondary N) is 1. The Hall–Kier alpha value is -3.42. The van der Waals surface area contributed by atoms with Crippen molar-refractivity contribution < 1.29 is 22.7 Å². The molecular weight excluding hydrogens is 443 g/mol. The Balaban J connectivity index is 1.87. The number of carbonyl (C=O) groups is 1. The van der Waals surface area contributed by atoms with Crippen molar-refractivity contribution in [2.24, 2.45) is 5.92 Å². The van der Waals surface area contributed by atoms with E-state index in [0.717, 1.165) is 17.7 Å². The van der Waals surface area contributed by atoms with Crippen LogP contribution in [0, 0.1) is 5.92 Å². The number of benzene rings is 2. The van der Waals surface area contributed by atoms with Gasteiger partial charge in [0.2, 0.25) is 0 Å². The summed E-state index contributed by atoms with van der Waals surface area (Å²) in [6.07, 6.45) is -2.93. The van der Waals surface area contributed by atoms with E-state index in [4.69, 9.17) is 4.74 Å². The number of nitrogens with zero attached hydrogens (tertiary/aromatic N) is 2. The van der Waals surface area contributed by atoms with E-state index in [9.17, 15) is 18.0 Å². The van der Waals surface area contributed by atoms with Crippen LogP contribution in [0.25, 0.3) is 0 Å². The molecule has 0 bridgehead atoms. The first-order valence-corrected chi connectivity index (χ1v) is 11.1. The number of halogens is 3. The summed E-state index contributed by atoms with van der Waals surface area (Å²) in [6, 6.07) is 13.8. The van der Waals surface area contributed by atoms with Gasteiger partial charge in [0.05, 0.1) is 17.8 Å². The summed E-state index contributed by atoms with van der Waals surface area (Å²) in [5.74, 6) is 0.158. The predicted molar refractivity (Wildman–Crippen MR) is 123 cm³/mol. The first kappa shape index (κ1) is 25.2. The molecule has 1 amide bonds. The average molecular weight is 472 g/mol. The van der Waals surface area contributed by atoms with Crippen molar-refractivity contribution >= 4 is 5.91 Å². The Morgan fingerprint density at radius 1 is 1.00 bits per heavy atom. The molecule has 180 valence electrons. The topological polar surface area (TPSA) is 64.1 Å². The van der Waals surface area contributed by atoms with E-state index in [1.165, 1.54) is 18.3 Å². The van der Waals surface area contributed by atoms with Gasteiger partial charge in [-0.1, -0.05) is 70.2 Å². The van der Waals surface area contributed by atoms with Crippen LogP contribution in [0.4, 0.5) is 13.2 Å². The van der Waals surface area contributed by atoms with Crippen LogP contribution in [0.5, 0.6) is 5.75 Å². The van der Waals surface area contributed by atoms with Gasteiger partial charge in [0.15, 0.2) is 11.4 Å². The number of alkyl halides is 3. The highest BCUT2D eigenvalue weighted by atomic mass is 19.4. The Morgan fingerprint density at radius 2 is 1.65 bits per heavy atom. The van der Waals surface area contributed by atoms with E-state index in [0.29, 0.717) is 11.4 Å². The third-order valence-corrected chi connectivity index (χ3v) is 5.29. The zero-order valence-corrected chi connectivity index (χ0v) is 19.6. The molecule has 3 rings (SSSR count). The minimum atomic E-state index is -4.42. The quantitative estimate of drug-likeness (QED) is 0.417. The number of ether oxygens (including phenoxy) is 1. The van der Waals surface area contributed by atoms with E-state index in [2.05, 4.69) is 15.3 Å². The maximum Gasteiger partial charge on any atom is 0.416 e. The second-order valence-electron chi connectivity index (χ2n) is 8.68. The highest BCUT2D eigenvalue weighted by Gasteiger charge is 2.31. The fourth-order valence-corrected chi connectivity index (χ4v) is 3.39. The molecule has 0 saturated carbocycles. The van der Waals surface area contributed by atoms with Crippen LogP contribution in [0.1, 0.15) is 72.7 Å². The number of aromatic nitrogens is 2. The molecule has 0 spiro atoms. The lowest BCUT2D eigenvalue weighted by Gasteiger charge is -2.24. The van der Waals surface area contributed by atoms with Gasteiger partial charge >= 0.3 is 6.18 Å². The van der Waals surface area contributed by atoms with Gasteiger partial charge in [-0.2, -0.15) is 13.2 Å². The first-order chi connectivity index (χ1) is 16.1. The molecule has 1 N–H and O–H groups in total. The summed E-state index contributed by atoms with van der Waals surface area (Å²) in [5.41, 5.74) is 0.846. The lowest BCUT2D eigenvalue weighted by Crippen LogP contribution is -2.33. The second kappa shape index (κ2) is 10.7. The number of rotatable bonds is 8. The van der Waals surface area contributed by atoms with Crippen molar-refractivity contribution in [3.05, 3.63) is 89.0 Å². The highest BCUT2D eigenvalue weighted by molar-refractivity contribution is 5.95. The third-order valence-electron chi connectivity index (χ3n) is 5.29. The molecule has 3 aromatic rings. The van der Waals surface area contributed by atoms with Gasteiger partial charge in [-0.3, -0.25) is 4.79 Å². The van der Waals surface area contributed by atoms with Gasteiger partial charge in [0, 0.05) is 5.92 Å². The fraction of sp³-hybridized carbons (Fsp3) is 0.346. The molecule has 34 heavy (non-hydrogen) atoms. The van der Waals surface area contributed by atoms with Crippen molar-refractivity contribution in [3.8, 4) is 5.75 Å². The SMILES string of the molecule is CC(C)c1ncc(OCc2ccccc2)c(C(=O)NC(c2ccc(C(F)(F)F)cc2)C(C)C)n1. The maximum absolute atomic E-state index is 13.3. The molecular formula is C26H28F3N3O2. The summed E-state index contributed by atoms with van der Waals surface area (Å²) >= 11 is 0. The standard InChI is InChI=1S/C26H28F3N3O2/c1-16(2)22(19-10-12-20(13-11-19)26(27,28)29)32-25(33)23-21(14-30-24(31-23)17(3)4)34-15-18-8-6-5-7-9-18/h5-14,16-17,22H,15H2,1-4H3,(H,32,33). The van der Waals surface area contributed by atoms with Gasteiger partial charge in [0.25, 0.3) is 5.91 Å². The van der Waals surface area contributed by atoms with E-state index < -0.39 is 23.7 Å². The number of hydrogen-bond donors (Lipinski definition) is 1. The molecule has 0 saturated heterocycles. The number of hydrogen-bond acceptors (Lipinski definition) is 4. The molecule has 1 atom stereocenters. The second-order valence-corrected chi connectivity index (χ2v) is 8.68. The predicted octanol–water partition coefficient (Wildman–Crippen LogP) is 6.32.